The van der Waals surface area contributed by atoms with Crippen LogP contribution in [-0.2, 0) is 0 Å². The first-order valence-electron chi connectivity index (χ1n) is 9.45. The molecule has 0 aromatic carbocycles. The topological polar surface area (TPSA) is 15.3 Å². The Kier molecular flexibility index (Phi) is 8.89. The van der Waals surface area contributed by atoms with Gasteiger partial charge in [-0.3, -0.25) is 4.90 Å². The Bertz CT molecular complexity index is 262. The van der Waals surface area contributed by atoms with Gasteiger partial charge >= 0.3 is 0 Å². The van der Waals surface area contributed by atoms with E-state index in [0.29, 0.717) is 6.04 Å². The standard InChI is InChI=1S/C19H40N2/c1-7-9-10-17(8-2)13-21-14-19(16(5)6)20-12-18(21)11-15(3)4/h15-20H,7-14H2,1-6H3. The highest BCUT2D eigenvalue weighted by Crippen LogP contribution is 2.22. The number of hydrogen-bond donors (Lipinski definition) is 1. The van der Waals surface area contributed by atoms with Gasteiger partial charge in [-0.25, -0.2) is 0 Å². The number of rotatable bonds is 9. The first-order valence-corrected chi connectivity index (χ1v) is 9.45. The van der Waals surface area contributed by atoms with E-state index < -0.39 is 0 Å². The number of piperazine rings is 1. The SMILES string of the molecule is CCCCC(CC)CN1CC(C(C)C)NCC1CC(C)C. The molecule has 0 aromatic rings. The average molecular weight is 297 g/mol. The zero-order valence-corrected chi connectivity index (χ0v) is 15.5. The Morgan fingerprint density at radius 1 is 1.14 bits per heavy atom. The fourth-order valence-corrected chi connectivity index (χ4v) is 3.58. The normalized spacial score (nSPS) is 25.7. The third kappa shape index (κ3) is 6.69. The van der Waals surface area contributed by atoms with E-state index in [1.165, 1.54) is 51.7 Å². The third-order valence-electron chi connectivity index (χ3n) is 5.15. The molecular weight excluding hydrogens is 256 g/mol. The maximum Gasteiger partial charge on any atom is 0.0223 e. The summed E-state index contributed by atoms with van der Waals surface area (Å²) in [5, 5.41) is 3.80. The number of nitrogens with one attached hydrogen (secondary N) is 1. The predicted octanol–water partition coefficient (Wildman–Crippen LogP) is 4.55. The van der Waals surface area contributed by atoms with Crippen molar-refractivity contribution in [2.75, 3.05) is 19.6 Å². The highest BCUT2D eigenvalue weighted by Gasteiger charge is 2.30. The quantitative estimate of drug-likeness (QED) is 0.671. The average Bonchev–Trinajstić information content (AvgIpc) is 2.44. The highest BCUT2D eigenvalue weighted by molar-refractivity contribution is 4.88. The maximum absolute atomic E-state index is 3.80. The summed E-state index contributed by atoms with van der Waals surface area (Å²) >= 11 is 0. The maximum atomic E-state index is 3.80. The summed E-state index contributed by atoms with van der Waals surface area (Å²) in [6.45, 7) is 17.9. The van der Waals surface area contributed by atoms with Gasteiger partial charge in [0.2, 0.25) is 0 Å². The van der Waals surface area contributed by atoms with Crippen LogP contribution in [0.1, 0.15) is 73.6 Å². The van der Waals surface area contributed by atoms with Gasteiger partial charge in [-0.2, -0.15) is 0 Å². The summed E-state index contributed by atoms with van der Waals surface area (Å²) in [5.74, 6) is 2.43. The molecule has 1 aliphatic heterocycles. The number of nitrogens with zero attached hydrogens (tertiary/aromatic N) is 1. The van der Waals surface area contributed by atoms with Crippen LogP contribution >= 0.6 is 0 Å². The van der Waals surface area contributed by atoms with Crippen molar-refractivity contribution in [3.8, 4) is 0 Å². The summed E-state index contributed by atoms with van der Waals surface area (Å²) in [6.07, 6.45) is 6.82. The van der Waals surface area contributed by atoms with E-state index in [1.54, 1.807) is 0 Å². The van der Waals surface area contributed by atoms with Crippen molar-refractivity contribution >= 4 is 0 Å². The summed E-state index contributed by atoms with van der Waals surface area (Å²) in [4.78, 5) is 2.82. The van der Waals surface area contributed by atoms with Crippen LogP contribution in [0.5, 0.6) is 0 Å². The van der Waals surface area contributed by atoms with Crippen molar-refractivity contribution in [1.82, 2.24) is 10.2 Å². The summed E-state index contributed by atoms with van der Waals surface area (Å²) in [7, 11) is 0. The molecule has 1 N–H and O–H groups in total. The van der Waals surface area contributed by atoms with Crippen LogP contribution in [0.2, 0.25) is 0 Å². The molecule has 0 saturated carbocycles. The zero-order valence-electron chi connectivity index (χ0n) is 15.5. The van der Waals surface area contributed by atoms with Crippen molar-refractivity contribution in [1.29, 1.82) is 0 Å². The largest absolute Gasteiger partial charge is 0.311 e. The molecule has 0 spiro atoms. The Balaban J connectivity index is 2.63. The molecule has 3 atom stereocenters. The highest BCUT2D eigenvalue weighted by atomic mass is 15.2. The van der Waals surface area contributed by atoms with E-state index in [4.69, 9.17) is 0 Å². The lowest BCUT2D eigenvalue weighted by Crippen LogP contribution is -2.59. The van der Waals surface area contributed by atoms with Gasteiger partial charge in [-0.1, -0.05) is 60.8 Å². The van der Waals surface area contributed by atoms with Gasteiger partial charge in [0.1, 0.15) is 0 Å². The van der Waals surface area contributed by atoms with Crippen molar-refractivity contribution < 1.29 is 0 Å². The van der Waals surface area contributed by atoms with E-state index >= 15 is 0 Å². The minimum absolute atomic E-state index is 0.678. The molecule has 1 rings (SSSR count). The molecule has 0 aromatic heterocycles. The summed E-state index contributed by atoms with van der Waals surface area (Å²) in [5.41, 5.74) is 0. The van der Waals surface area contributed by atoms with Gasteiger partial charge in [0, 0.05) is 31.7 Å². The lowest BCUT2D eigenvalue weighted by molar-refractivity contribution is 0.0801. The Morgan fingerprint density at radius 3 is 2.38 bits per heavy atom. The van der Waals surface area contributed by atoms with E-state index in [-0.39, 0.29) is 0 Å². The molecule has 0 radical (unpaired) electrons. The number of unbranched alkanes of at least 4 members (excludes halogenated alkanes) is 1. The second-order valence-electron chi connectivity index (χ2n) is 7.91. The molecule has 2 heteroatoms. The minimum Gasteiger partial charge on any atom is -0.311 e. The van der Waals surface area contributed by atoms with E-state index in [0.717, 1.165) is 23.8 Å². The molecule has 1 aliphatic rings. The van der Waals surface area contributed by atoms with Crippen molar-refractivity contribution in [2.24, 2.45) is 17.8 Å². The smallest absolute Gasteiger partial charge is 0.0223 e. The van der Waals surface area contributed by atoms with E-state index in [9.17, 15) is 0 Å². The van der Waals surface area contributed by atoms with Gasteiger partial charge in [0.25, 0.3) is 0 Å². The molecule has 1 heterocycles. The monoisotopic (exact) mass is 296 g/mol. The summed E-state index contributed by atoms with van der Waals surface area (Å²) in [6, 6.07) is 1.42. The minimum atomic E-state index is 0.678. The van der Waals surface area contributed by atoms with Crippen LogP contribution in [0.4, 0.5) is 0 Å². The second kappa shape index (κ2) is 9.84. The second-order valence-corrected chi connectivity index (χ2v) is 7.91. The fourth-order valence-electron chi connectivity index (χ4n) is 3.58. The fraction of sp³-hybridized carbons (Fsp3) is 1.00. The van der Waals surface area contributed by atoms with Crippen LogP contribution in [0.15, 0.2) is 0 Å². The van der Waals surface area contributed by atoms with Gasteiger partial charge in [0.05, 0.1) is 0 Å². The van der Waals surface area contributed by atoms with Crippen LogP contribution in [0.3, 0.4) is 0 Å². The molecule has 126 valence electrons. The molecule has 0 amide bonds. The lowest BCUT2D eigenvalue weighted by atomic mass is 9.92. The predicted molar refractivity (Wildman–Crippen MR) is 94.8 cm³/mol. The molecule has 2 nitrogen and oxygen atoms in total. The molecule has 0 aliphatic carbocycles. The van der Waals surface area contributed by atoms with Gasteiger partial charge < -0.3 is 5.32 Å². The van der Waals surface area contributed by atoms with Crippen molar-refractivity contribution in [2.45, 2.75) is 85.7 Å². The zero-order chi connectivity index (χ0) is 15.8. The third-order valence-corrected chi connectivity index (χ3v) is 5.15. The molecule has 21 heavy (non-hydrogen) atoms. The lowest BCUT2D eigenvalue weighted by Gasteiger charge is -2.44. The Morgan fingerprint density at radius 2 is 1.86 bits per heavy atom. The van der Waals surface area contributed by atoms with E-state index in [2.05, 4.69) is 51.8 Å². The van der Waals surface area contributed by atoms with Gasteiger partial charge in [0.15, 0.2) is 0 Å². The van der Waals surface area contributed by atoms with Gasteiger partial charge in [-0.05, 0) is 30.6 Å². The Labute approximate surface area is 134 Å². The van der Waals surface area contributed by atoms with Crippen molar-refractivity contribution in [3.63, 3.8) is 0 Å². The van der Waals surface area contributed by atoms with Crippen LogP contribution in [0.25, 0.3) is 0 Å². The first kappa shape index (κ1) is 19.0. The molecule has 1 fully saturated rings. The van der Waals surface area contributed by atoms with Crippen LogP contribution < -0.4 is 5.32 Å². The van der Waals surface area contributed by atoms with Gasteiger partial charge in [-0.15, -0.1) is 0 Å². The molecule has 1 saturated heterocycles. The van der Waals surface area contributed by atoms with Crippen LogP contribution in [0, 0.1) is 17.8 Å². The summed E-state index contributed by atoms with van der Waals surface area (Å²) < 4.78 is 0. The molecule has 3 unspecified atom stereocenters. The number of hydrogen-bond acceptors (Lipinski definition) is 2. The first-order chi connectivity index (χ1) is 9.97. The van der Waals surface area contributed by atoms with Crippen molar-refractivity contribution in [3.05, 3.63) is 0 Å². The van der Waals surface area contributed by atoms with E-state index in [1.807, 2.05) is 0 Å². The molecule has 0 bridgehead atoms. The Hall–Kier alpha value is -0.0800. The molecular formula is C19H40N2. The van der Waals surface area contributed by atoms with Crippen LogP contribution in [-0.4, -0.2) is 36.6 Å².